The van der Waals surface area contributed by atoms with E-state index in [1.807, 2.05) is 16.8 Å². The third-order valence-electron chi connectivity index (χ3n) is 2.48. The Morgan fingerprint density at radius 1 is 1.56 bits per heavy atom. The number of amides is 1. The summed E-state index contributed by atoms with van der Waals surface area (Å²) >= 11 is 3.05. The van der Waals surface area contributed by atoms with Crippen molar-refractivity contribution in [2.75, 3.05) is 5.75 Å². The van der Waals surface area contributed by atoms with Crippen LogP contribution in [0.1, 0.15) is 17.9 Å². The summed E-state index contributed by atoms with van der Waals surface area (Å²) in [5.74, 6) is -0.663. The molecule has 86 valence electrons. The number of rotatable bonds is 2. The number of thiophene rings is 1. The second-order valence-electron chi connectivity index (χ2n) is 3.52. The van der Waals surface area contributed by atoms with Crippen molar-refractivity contribution in [3.63, 3.8) is 0 Å². The topological polar surface area (TPSA) is 57.6 Å². The molecule has 0 aromatic carbocycles. The van der Waals surface area contributed by atoms with Crippen LogP contribution in [0.2, 0.25) is 0 Å². The van der Waals surface area contributed by atoms with Crippen LogP contribution >= 0.6 is 23.1 Å². The molecule has 1 saturated heterocycles. The smallest absolute Gasteiger partial charge is 0.327 e. The molecule has 1 aliphatic rings. The third kappa shape index (κ3) is 1.94. The number of thioether (sulfide) groups is 1. The van der Waals surface area contributed by atoms with Gasteiger partial charge in [-0.2, -0.15) is 11.3 Å². The van der Waals surface area contributed by atoms with E-state index >= 15 is 0 Å². The van der Waals surface area contributed by atoms with Gasteiger partial charge in [0.2, 0.25) is 5.91 Å². The predicted octanol–water partition coefficient (Wildman–Crippen LogP) is 1.80. The minimum absolute atomic E-state index is 0.148. The lowest BCUT2D eigenvalue weighted by atomic mass is 10.2. The Bertz CT molecular complexity index is 404. The quantitative estimate of drug-likeness (QED) is 0.877. The average Bonchev–Trinajstić information content (AvgIpc) is 2.85. The fraction of sp³-hybridized carbons (Fsp3) is 0.400. The van der Waals surface area contributed by atoms with E-state index in [1.165, 1.54) is 23.6 Å². The molecule has 1 fully saturated rings. The summed E-state index contributed by atoms with van der Waals surface area (Å²) in [4.78, 5) is 24.0. The van der Waals surface area contributed by atoms with Crippen LogP contribution in [-0.4, -0.2) is 33.7 Å². The van der Waals surface area contributed by atoms with E-state index in [1.54, 1.807) is 11.3 Å². The van der Waals surface area contributed by atoms with Gasteiger partial charge in [0.25, 0.3) is 0 Å². The van der Waals surface area contributed by atoms with Crippen LogP contribution < -0.4 is 0 Å². The molecule has 1 amide bonds. The lowest BCUT2D eigenvalue weighted by Crippen LogP contribution is -2.41. The lowest BCUT2D eigenvalue weighted by molar-refractivity contribution is -0.148. The van der Waals surface area contributed by atoms with E-state index in [2.05, 4.69) is 0 Å². The van der Waals surface area contributed by atoms with Crippen molar-refractivity contribution >= 4 is 35.0 Å². The Morgan fingerprint density at radius 3 is 2.81 bits per heavy atom. The zero-order valence-corrected chi connectivity index (χ0v) is 10.3. The van der Waals surface area contributed by atoms with Crippen molar-refractivity contribution in [2.24, 2.45) is 0 Å². The zero-order valence-electron chi connectivity index (χ0n) is 8.62. The highest BCUT2D eigenvalue weighted by molar-refractivity contribution is 7.99. The zero-order chi connectivity index (χ0) is 11.7. The molecule has 0 aliphatic carbocycles. The first kappa shape index (κ1) is 11.5. The Hall–Kier alpha value is -1.01. The summed E-state index contributed by atoms with van der Waals surface area (Å²) in [7, 11) is 0. The minimum Gasteiger partial charge on any atom is -0.480 e. The molecule has 0 spiro atoms. The molecule has 2 heterocycles. The molecule has 1 aromatic rings. The van der Waals surface area contributed by atoms with Crippen molar-refractivity contribution in [2.45, 2.75) is 18.3 Å². The Balaban J connectivity index is 2.28. The molecular formula is C10H11NO3S2. The Morgan fingerprint density at radius 2 is 2.31 bits per heavy atom. The maximum absolute atomic E-state index is 11.5. The highest BCUT2D eigenvalue weighted by atomic mass is 32.2. The van der Waals surface area contributed by atoms with Crippen molar-refractivity contribution in [1.82, 2.24) is 4.90 Å². The monoisotopic (exact) mass is 257 g/mol. The second-order valence-corrected chi connectivity index (χ2v) is 5.42. The normalized spacial score (nSPS) is 24.7. The standard InChI is InChI=1S/C10H11NO3S2/c1-6(12)11-8(10(13)14)5-16-9(11)7-2-3-15-4-7/h2-4,8-9H,5H2,1H3,(H,13,14)/t8-,9+/m0/s1. The number of carboxylic acid groups (broad SMARTS) is 1. The van der Waals surface area contributed by atoms with Crippen LogP contribution in [0.3, 0.4) is 0 Å². The first-order valence-corrected chi connectivity index (χ1v) is 6.76. The van der Waals surface area contributed by atoms with Gasteiger partial charge in [-0.15, -0.1) is 11.8 Å². The van der Waals surface area contributed by atoms with Crippen LogP contribution in [0.25, 0.3) is 0 Å². The van der Waals surface area contributed by atoms with Gasteiger partial charge >= 0.3 is 5.97 Å². The van der Waals surface area contributed by atoms with Gasteiger partial charge < -0.3 is 10.0 Å². The molecule has 1 aliphatic heterocycles. The van der Waals surface area contributed by atoms with E-state index in [-0.39, 0.29) is 11.3 Å². The van der Waals surface area contributed by atoms with E-state index in [4.69, 9.17) is 5.11 Å². The number of hydrogen-bond acceptors (Lipinski definition) is 4. The molecule has 1 N–H and O–H groups in total. The number of carbonyl (C=O) groups is 2. The molecule has 0 radical (unpaired) electrons. The van der Waals surface area contributed by atoms with Crippen LogP contribution in [0, 0.1) is 0 Å². The fourth-order valence-electron chi connectivity index (χ4n) is 1.75. The number of hydrogen-bond donors (Lipinski definition) is 1. The lowest BCUT2D eigenvalue weighted by Gasteiger charge is -2.25. The maximum atomic E-state index is 11.5. The average molecular weight is 257 g/mol. The summed E-state index contributed by atoms with van der Waals surface area (Å²) in [6.07, 6.45) is 0. The van der Waals surface area contributed by atoms with Gasteiger partial charge in [-0.25, -0.2) is 4.79 Å². The third-order valence-corrected chi connectivity index (χ3v) is 4.50. The fourth-order valence-corrected chi connectivity index (χ4v) is 3.98. The first-order valence-electron chi connectivity index (χ1n) is 4.76. The van der Waals surface area contributed by atoms with Crippen molar-refractivity contribution in [1.29, 1.82) is 0 Å². The van der Waals surface area contributed by atoms with E-state index in [9.17, 15) is 9.59 Å². The molecule has 16 heavy (non-hydrogen) atoms. The largest absolute Gasteiger partial charge is 0.480 e. The van der Waals surface area contributed by atoms with Crippen LogP contribution in [-0.2, 0) is 9.59 Å². The van der Waals surface area contributed by atoms with Gasteiger partial charge in [-0.1, -0.05) is 0 Å². The van der Waals surface area contributed by atoms with Gasteiger partial charge in [0.15, 0.2) is 0 Å². The summed E-state index contributed by atoms with van der Waals surface area (Å²) in [5, 5.41) is 12.8. The number of carboxylic acids is 1. The minimum atomic E-state index is -0.930. The molecular weight excluding hydrogens is 246 g/mol. The van der Waals surface area contributed by atoms with Gasteiger partial charge in [-0.3, -0.25) is 4.79 Å². The summed E-state index contributed by atoms with van der Waals surface area (Å²) < 4.78 is 0. The van der Waals surface area contributed by atoms with Crippen LogP contribution in [0.5, 0.6) is 0 Å². The first-order chi connectivity index (χ1) is 7.61. The molecule has 2 rings (SSSR count). The number of aliphatic carboxylic acids is 1. The van der Waals surface area contributed by atoms with Gasteiger partial charge in [0, 0.05) is 12.7 Å². The van der Waals surface area contributed by atoms with E-state index in [0.717, 1.165) is 5.56 Å². The summed E-state index contributed by atoms with van der Waals surface area (Å²) in [6.45, 7) is 1.42. The van der Waals surface area contributed by atoms with Crippen molar-refractivity contribution in [3.8, 4) is 0 Å². The molecule has 0 unspecified atom stereocenters. The maximum Gasteiger partial charge on any atom is 0.327 e. The Kier molecular flexibility index (Phi) is 3.20. The summed E-state index contributed by atoms with van der Waals surface area (Å²) in [6, 6.07) is 1.23. The number of nitrogens with zero attached hydrogens (tertiary/aromatic N) is 1. The summed E-state index contributed by atoms with van der Waals surface area (Å²) in [5.41, 5.74) is 1.01. The van der Waals surface area contributed by atoms with Gasteiger partial charge in [0.05, 0.1) is 0 Å². The molecule has 6 heteroatoms. The van der Waals surface area contributed by atoms with Crippen LogP contribution in [0.4, 0.5) is 0 Å². The van der Waals surface area contributed by atoms with Gasteiger partial charge in [-0.05, 0) is 22.4 Å². The molecule has 0 saturated carbocycles. The van der Waals surface area contributed by atoms with E-state index < -0.39 is 12.0 Å². The second kappa shape index (κ2) is 4.47. The highest BCUT2D eigenvalue weighted by Crippen LogP contribution is 2.41. The molecule has 0 bridgehead atoms. The Labute approximate surface area is 101 Å². The number of carbonyl (C=O) groups excluding carboxylic acids is 1. The van der Waals surface area contributed by atoms with Crippen LogP contribution in [0.15, 0.2) is 16.8 Å². The molecule has 1 aromatic heterocycles. The SMILES string of the molecule is CC(=O)N1[C@@H](c2ccsc2)SC[C@H]1C(=O)O. The highest BCUT2D eigenvalue weighted by Gasteiger charge is 2.40. The van der Waals surface area contributed by atoms with E-state index in [0.29, 0.717) is 5.75 Å². The van der Waals surface area contributed by atoms with Crippen molar-refractivity contribution in [3.05, 3.63) is 22.4 Å². The molecule has 4 nitrogen and oxygen atoms in total. The predicted molar refractivity (Wildman–Crippen MR) is 63.5 cm³/mol. The van der Waals surface area contributed by atoms with Crippen molar-refractivity contribution < 1.29 is 14.7 Å². The van der Waals surface area contributed by atoms with Gasteiger partial charge in [0.1, 0.15) is 11.4 Å². The molecule has 2 atom stereocenters.